The molecule has 1 saturated heterocycles. The second-order valence-corrected chi connectivity index (χ2v) is 11.5. The van der Waals surface area contributed by atoms with E-state index in [1.165, 1.54) is 32.1 Å². The summed E-state index contributed by atoms with van der Waals surface area (Å²) < 4.78 is 7.39. The molecule has 1 amide bonds. The Labute approximate surface area is 218 Å². The SMILES string of the molecule is CC(C)(C)OC(=O)NC1CCN(c2cc3c(cc2Nc2ccccc2)[nH]c(=O)n3CC2CCCCC2)C1. The molecule has 1 unspecified atom stereocenters. The van der Waals surface area contributed by atoms with Crippen LogP contribution in [0.2, 0.25) is 0 Å². The van der Waals surface area contributed by atoms with Crippen LogP contribution < -0.4 is 21.2 Å². The van der Waals surface area contributed by atoms with Crippen molar-refractivity contribution in [2.45, 2.75) is 77.5 Å². The summed E-state index contributed by atoms with van der Waals surface area (Å²) in [6, 6.07) is 14.2. The topological polar surface area (TPSA) is 91.4 Å². The molecule has 1 aliphatic heterocycles. The summed E-state index contributed by atoms with van der Waals surface area (Å²) in [5.74, 6) is 0.546. The highest BCUT2D eigenvalue weighted by Crippen LogP contribution is 2.35. The lowest BCUT2D eigenvalue weighted by Crippen LogP contribution is -2.40. The van der Waals surface area contributed by atoms with Gasteiger partial charge in [-0.3, -0.25) is 4.57 Å². The molecule has 2 fully saturated rings. The Kier molecular flexibility index (Phi) is 7.17. The highest BCUT2D eigenvalue weighted by Gasteiger charge is 2.28. The molecule has 2 aliphatic rings. The van der Waals surface area contributed by atoms with Crippen molar-refractivity contribution in [3.05, 3.63) is 52.9 Å². The number of aromatic nitrogens is 2. The smallest absolute Gasteiger partial charge is 0.407 e. The van der Waals surface area contributed by atoms with Crippen LogP contribution in [0.15, 0.2) is 47.3 Å². The Morgan fingerprint density at radius 3 is 2.57 bits per heavy atom. The van der Waals surface area contributed by atoms with Crippen LogP contribution in [0.25, 0.3) is 11.0 Å². The Hall–Kier alpha value is -3.42. The molecule has 1 aromatic heterocycles. The van der Waals surface area contributed by atoms with Crippen LogP contribution in [0.4, 0.5) is 21.9 Å². The molecule has 8 nitrogen and oxygen atoms in total. The predicted molar refractivity (Wildman–Crippen MR) is 149 cm³/mol. The fraction of sp³-hybridized carbons (Fsp3) is 0.517. The lowest BCUT2D eigenvalue weighted by molar-refractivity contribution is 0.0509. The largest absolute Gasteiger partial charge is 0.444 e. The van der Waals surface area contributed by atoms with Gasteiger partial charge < -0.3 is 25.3 Å². The second-order valence-electron chi connectivity index (χ2n) is 11.5. The molecule has 2 aromatic carbocycles. The van der Waals surface area contributed by atoms with Crippen molar-refractivity contribution >= 4 is 34.2 Å². The summed E-state index contributed by atoms with van der Waals surface area (Å²) in [5.41, 5.74) is 4.14. The van der Waals surface area contributed by atoms with Gasteiger partial charge in [-0.25, -0.2) is 9.59 Å². The van der Waals surface area contributed by atoms with Gasteiger partial charge in [0.1, 0.15) is 5.60 Å². The third-order valence-corrected chi connectivity index (χ3v) is 7.36. The third-order valence-electron chi connectivity index (χ3n) is 7.36. The number of ether oxygens (including phenoxy) is 1. The molecular formula is C29H39N5O3. The zero-order valence-electron chi connectivity index (χ0n) is 22.2. The Morgan fingerprint density at radius 2 is 1.84 bits per heavy atom. The first-order valence-corrected chi connectivity index (χ1v) is 13.6. The molecule has 8 heteroatoms. The normalized spacial score (nSPS) is 18.8. The maximum absolute atomic E-state index is 13.0. The molecule has 198 valence electrons. The zero-order chi connectivity index (χ0) is 26.0. The lowest BCUT2D eigenvalue weighted by atomic mass is 9.89. The number of alkyl carbamates (subject to hydrolysis) is 1. The fourth-order valence-electron chi connectivity index (χ4n) is 5.61. The van der Waals surface area contributed by atoms with E-state index in [9.17, 15) is 9.59 Å². The van der Waals surface area contributed by atoms with Gasteiger partial charge in [-0.15, -0.1) is 0 Å². The van der Waals surface area contributed by atoms with Crippen LogP contribution in [0, 0.1) is 5.92 Å². The number of rotatable bonds is 6. The van der Waals surface area contributed by atoms with Crippen molar-refractivity contribution in [3.63, 3.8) is 0 Å². The van der Waals surface area contributed by atoms with E-state index in [1.54, 1.807) is 0 Å². The molecule has 1 saturated carbocycles. The highest BCUT2D eigenvalue weighted by atomic mass is 16.6. The van der Waals surface area contributed by atoms with Gasteiger partial charge >= 0.3 is 11.8 Å². The first kappa shape index (κ1) is 25.2. The van der Waals surface area contributed by atoms with Crippen LogP contribution in [0.5, 0.6) is 0 Å². The van der Waals surface area contributed by atoms with E-state index in [-0.39, 0.29) is 17.8 Å². The number of hydrogen-bond donors (Lipinski definition) is 3. The number of fused-ring (bicyclic) bond motifs is 1. The molecule has 2 heterocycles. The van der Waals surface area contributed by atoms with Gasteiger partial charge in [0.25, 0.3) is 0 Å². The minimum absolute atomic E-state index is 0.00854. The molecule has 1 aliphatic carbocycles. The summed E-state index contributed by atoms with van der Waals surface area (Å²) in [5, 5.41) is 6.58. The number of aromatic amines is 1. The van der Waals surface area contributed by atoms with Crippen LogP contribution in [-0.2, 0) is 11.3 Å². The van der Waals surface area contributed by atoms with Gasteiger partial charge in [0.2, 0.25) is 0 Å². The van der Waals surface area contributed by atoms with Crippen LogP contribution in [0.1, 0.15) is 59.3 Å². The van der Waals surface area contributed by atoms with Crippen LogP contribution in [-0.4, -0.2) is 40.4 Å². The summed E-state index contributed by atoms with van der Waals surface area (Å²) in [6.07, 6.45) is 6.60. The van der Waals surface area contributed by atoms with E-state index >= 15 is 0 Å². The third kappa shape index (κ3) is 6.12. The number of para-hydroxylation sites is 1. The van der Waals surface area contributed by atoms with Gasteiger partial charge in [0, 0.05) is 25.3 Å². The summed E-state index contributed by atoms with van der Waals surface area (Å²) >= 11 is 0. The van der Waals surface area contributed by atoms with E-state index in [1.807, 2.05) is 61.7 Å². The monoisotopic (exact) mass is 505 g/mol. The Morgan fingerprint density at radius 1 is 1.08 bits per heavy atom. The average Bonchev–Trinajstić information content (AvgIpc) is 3.42. The molecule has 3 N–H and O–H groups in total. The first-order valence-electron chi connectivity index (χ1n) is 13.6. The molecule has 0 bridgehead atoms. The first-order chi connectivity index (χ1) is 17.7. The zero-order valence-corrected chi connectivity index (χ0v) is 22.2. The minimum Gasteiger partial charge on any atom is -0.444 e. The molecule has 5 rings (SSSR count). The lowest BCUT2D eigenvalue weighted by Gasteiger charge is -2.25. The maximum atomic E-state index is 13.0. The molecule has 3 aromatic rings. The minimum atomic E-state index is -0.531. The number of nitrogens with one attached hydrogen (secondary N) is 3. The molecule has 1 atom stereocenters. The van der Waals surface area contributed by atoms with E-state index in [0.29, 0.717) is 12.5 Å². The number of hydrogen-bond acceptors (Lipinski definition) is 5. The Balaban J connectivity index is 1.44. The van der Waals surface area contributed by atoms with Gasteiger partial charge in [0.15, 0.2) is 0 Å². The van der Waals surface area contributed by atoms with Crippen molar-refractivity contribution in [2.75, 3.05) is 23.3 Å². The number of benzene rings is 2. The van der Waals surface area contributed by atoms with Crippen molar-refractivity contribution in [2.24, 2.45) is 5.92 Å². The average molecular weight is 506 g/mol. The van der Waals surface area contributed by atoms with Crippen molar-refractivity contribution in [1.29, 1.82) is 0 Å². The highest BCUT2D eigenvalue weighted by molar-refractivity contribution is 5.90. The van der Waals surface area contributed by atoms with E-state index < -0.39 is 5.60 Å². The van der Waals surface area contributed by atoms with Crippen LogP contribution in [0.3, 0.4) is 0 Å². The van der Waals surface area contributed by atoms with Gasteiger partial charge in [-0.2, -0.15) is 0 Å². The Bertz CT molecular complexity index is 1280. The number of carbonyl (C=O) groups is 1. The van der Waals surface area contributed by atoms with Gasteiger partial charge in [-0.05, 0) is 70.2 Å². The van der Waals surface area contributed by atoms with E-state index in [4.69, 9.17) is 4.74 Å². The van der Waals surface area contributed by atoms with Crippen LogP contribution >= 0.6 is 0 Å². The quantitative estimate of drug-likeness (QED) is 0.396. The number of anilines is 3. The number of carbonyl (C=O) groups excluding carboxylic acids is 1. The maximum Gasteiger partial charge on any atom is 0.407 e. The number of imidazole rings is 1. The van der Waals surface area contributed by atoms with Crippen molar-refractivity contribution < 1.29 is 9.53 Å². The standard InChI is InChI=1S/C29H39N5O3/c1-29(2,3)37-28(36)31-22-14-15-33(19-22)25-17-26-24(16-23(25)30-21-12-8-5-9-13-21)32-27(35)34(26)18-20-10-6-4-7-11-20/h5,8-9,12-13,16-17,20,22,30H,4,6-7,10-11,14-15,18-19H2,1-3H3,(H,31,36)(H,32,35). The summed E-state index contributed by atoms with van der Waals surface area (Å²) in [4.78, 5) is 30.8. The van der Waals surface area contributed by atoms with Gasteiger partial charge in [-0.1, -0.05) is 37.5 Å². The second kappa shape index (κ2) is 10.5. The van der Waals surface area contributed by atoms with E-state index in [0.717, 1.165) is 47.6 Å². The number of amides is 1. The predicted octanol–water partition coefficient (Wildman–Crippen LogP) is 5.76. The molecule has 0 spiro atoms. The molecule has 0 radical (unpaired) electrons. The van der Waals surface area contributed by atoms with Crippen molar-refractivity contribution in [3.8, 4) is 0 Å². The van der Waals surface area contributed by atoms with Gasteiger partial charge in [0.05, 0.1) is 28.5 Å². The molecule has 37 heavy (non-hydrogen) atoms. The number of H-pyrrole nitrogens is 1. The summed E-state index contributed by atoms with van der Waals surface area (Å²) in [7, 11) is 0. The fourth-order valence-corrected chi connectivity index (χ4v) is 5.61. The summed E-state index contributed by atoms with van der Waals surface area (Å²) in [6.45, 7) is 7.83. The van der Waals surface area contributed by atoms with Crippen molar-refractivity contribution in [1.82, 2.24) is 14.9 Å². The molecular weight excluding hydrogens is 466 g/mol. The number of nitrogens with zero attached hydrogens (tertiary/aromatic N) is 2. The van der Waals surface area contributed by atoms with E-state index in [2.05, 4.69) is 26.6 Å².